The summed E-state index contributed by atoms with van der Waals surface area (Å²) >= 11 is 0. The summed E-state index contributed by atoms with van der Waals surface area (Å²) in [6.07, 6.45) is 0. The lowest BCUT2D eigenvalue weighted by Gasteiger charge is -2.21. The molecule has 0 radical (unpaired) electrons. The maximum Gasteiger partial charge on any atom is 0.505 e. The molecule has 0 aromatic heterocycles. The second kappa shape index (κ2) is 7.11. The van der Waals surface area contributed by atoms with Crippen LogP contribution in [0.5, 0.6) is 11.5 Å². The number of hydrogen-bond donors (Lipinski definition) is 0. The highest BCUT2D eigenvalue weighted by molar-refractivity contribution is 7.42. The molecule has 2 aromatic rings. The Labute approximate surface area is 146 Å². The maximum atomic E-state index is 14.3. The molecule has 2 nitrogen and oxygen atoms in total. The van der Waals surface area contributed by atoms with Crippen molar-refractivity contribution in [1.82, 2.24) is 0 Å². The average Bonchev–Trinajstić information content (AvgIpc) is 2.46. The molecule has 2 rings (SSSR count). The zero-order chi connectivity index (χ0) is 18.0. The molecule has 0 heterocycles. The second-order valence-corrected chi connectivity index (χ2v) is 8.74. The van der Waals surface area contributed by atoms with E-state index in [1.54, 1.807) is 12.1 Å². The van der Waals surface area contributed by atoms with Crippen molar-refractivity contribution in [3.05, 3.63) is 59.7 Å². The maximum absolute atomic E-state index is 14.3. The monoisotopic (exact) mass is 348 g/mol. The van der Waals surface area contributed by atoms with E-state index in [-0.39, 0.29) is 10.8 Å². The lowest BCUT2D eigenvalue weighted by Crippen LogP contribution is -2.11. The van der Waals surface area contributed by atoms with Crippen molar-refractivity contribution in [2.45, 2.75) is 52.4 Å². The van der Waals surface area contributed by atoms with Gasteiger partial charge in [0, 0.05) is 0 Å². The first-order valence-electron chi connectivity index (χ1n) is 8.09. The van der Waals surface area contributed by atoms with Crippen LogP contribution in [-0.4, -0.2) is 0 Å². The van der Waals surface area contributed by atoms with Crippen LogP contribution < -0.4 is 9.05 Å². The molecular formula is C20H26FO2P. The van der Waals surface area contributed by atoms with Gasteiger partial charge in [-0.25, -0.2) is 0 Å². The van der Waals surface area contributed by atoms with Crippen molar-refractivity contribution in [2.24, 2.45) is 0 Å². The molecule has 0 aliphatic carbocycles. The molecule has 0 aliphatic heterocycles. The van der Waals surface area contributed by atoms with Gasteiger partial charge in [-0.05, 0) is 46.2 Å². The Balaban J connectivity index is 2.08. The van der Waals surface area contributed by atoms with E-state index < -0.39 is 8.69 Å². The summed E-state index contributed by atoms with van der Waals surface area (Å²) in [5, 5.41) is 0. The highest BCUT2D eigenvalue weighted by atomic mass is 31.2. The van der Waals surface area contributed by atoms with Crippen molar-refractivity contribution in [1.29, 1.82) is 0 Å². The summed E-state index contributed by atoms with van der Waals surface area (Å²) < 4.78 is 25.0. The van der Waals surface area contributed by atoms with Gasteiger partial charge in [0.2, 0.25) is 0 Å². The summed E-state index contributed by atoms with van der Waals surface area (Å²) in [6.45, 7) is 12.7. The van der Waals surface area contributed by atoms with E-state index in [2.05, 4.69) is 41.5 Å². The van der Waals surface area contributed by atoms with E-state index in [0.29, 0.717) is 11.5 Å². The van der Waals surface area contributed by atoms with E-state index >= 15 is 0 Å². The van der Waals surface area contributed by atoms with Gasteiger partial charge in [-0.15, -0.1) is 4.20 Å². The van der Waals surface area contributed by atoms with E-state index in [4.69, 9.17) is 9.05 Å². The third-order valence-corrected chi connectivity index (χ3v) is 4.46. The van der Waals surface area contributed by atoms with Gasteiger partial charge in [-0.1, -0.05) is 65.8 Å². The SMILES string of the molecule is CC(C)(C)c1cccc(OP(F)Oc2cccc(C(C)(C)C)c2)c1. The van der Waals surface area contributed by atoms with E-state index in [0.717, 1.165) is 11.1 Å². The molecule has 130 valence electrons. The van der Waals surface area contributed by atoms with E-state index in [1.165, 1.54) is 0 Å². The topological polar surface area (TPSA) is 18.5 Å². The molecular weight excluding hydrogens is 322 g/mol. The van der Waals surface area contributed by atoms with Gasteiger partial charge in [0.05, 0.1) is 0 Å². The highest BCUT2D eigenvalue weighted by Gasteiger charge is 2.19. The lowest BCUT2D eigenvalue weighted by molar-refractivity contribution is 0.437. The standard InChI is InChI=1S/C20H26FO2P/c1-19(2,3)15-9-7-11-17(13-15)22-24(21)23-18-12-8-10-16(14-18)20(4,5)6/h7-14H,1-6H3. The van der Waals surface area contributed by atoms with Crippen LogP contribution in [0.2, 0.25) is 0 Å². The van der Waals surface area contributed by atoms with Crippen LogP contribution in [0.15, 0.2) is 48.5 Å². The van der Waals surface area contributed by atoms with Crippen LogP contribution in [0.3, 0.4) is 0 Å². The predicted octanol–water partition coefficient (Wildman–Crippen LogP) is 6.94. The number of hydrogen-bond acceptors (Lipinski definition) is 2. The number of benzene rings is 2. The van der Waals surface area contributed by atoms with Crippen LogP contribution >= 0.6 is 8.69 Å². The fraction of sp³-hybridized carbons (Fsp3) is 0.400. The lowest BCUT2D eigenvalue weighted by atomic mass is 9.87. The Bertz CT molecular complexity index is 627. The van der Waals surface area contributed by atoms with Gasteiger partial charge in [-0.3, -0.25) is 0 Å². The Morgan fingerprint density at radius 2 is 1.08 bits per heavy atom. The molecule has 4 heteroatoms. The zero-order valence-electron chi connectivity index (χ0n) is 15.3. The van der Waals surface area contributed by atoms with Crippen molar-refractivity contribution >= 4 is 8.69 Å². The van der Waals surface area contributed by atoms with Crippen molar-refractivity contribution in [2.75, 3.05) is 0 Å². The van der Waals surface area contributed by atoms with Crippen molar-refractivity contribution < 1.29 is 13.2 Å². The van der Waals surface area contributed by atoms with E-state index in [1.807, 2.05) is 36.4 Å². The summed E-state index contributed by atoms with van der Waals surface area (Å²) in [6, 6.07) is 15.0. The zero-order valence-corrected chi connectivity index (χ0v) is 16.2. The first-order chi connectivity index (χ1) is 11.1. The molecule has 0 bridgehead atoms. The van der Waals surface area contributed by atoms with Crippen molar-refractivity contribution in [3.63, 3.8) is 0 Å². The molecule has 0 saturated carbocycles. The minimum absolute atomic E-state index is 0.0136. The minimum Gasteiger partial charge on any atom is -0.415 e. The first kappa shape index (κ1) is 18.7. The summed E-state index contributed by atoms with van der Waals surface area (Å²) in [7, 11) is -2.53. The van der Waals surface area contributed by atoms with Crippen LogP contribution in [0.1, 0.15) is 52.7 Å². The first-order valence-corrected chi connectivity index (χ1v) is 9.15. The average molecular weight is 348 g/mol. The van der Waals surface area contributed by atoms with Crippen LogP contribution in [0.4, 0.5) is 4.20 Å². The van der Waals surface area contributed by atoms with Gasteiger partial charge in [0.1, 0.15) is 11.5 Å². The Morgan fingerprint density at radius 1 is 0.708 bits per heavy atom. The van der Waals surface area contributed by atoms with Crippen molar-refractivity contribution in [3.8, 4) is 11.5 Å². The number of halogens is 1. The minimum atomic E-state index is -2.53. The summed E-state index contributed by atoms with van der Waals surface area (Å²) in [5.41, 5.74) is 2.16. The van der Waals surface area contributed by atoms with Crippen LogP contribution in [-0.2, 0) is 10.8 Å². The smallest absolute Gasteiger partial charge is 0.415 e. The molecule has 0 aliphatic rings. The molecule has 0 N–H and O–H groups in total. The Kier molecular flexibility index (Phi) is 5.55. The summed E-state index contributed by atoms with van der Waals surface area (Å²) in [5.74, 6) is 0.978. The molecule has 0 fully saturated rings. The molecule has 0 amide bonds. The normalized spacial score (nSPS) is 12.3. The van der Waals surface area contributed by atoms with Gasteiger partial charge in [0.15, 0.2) is 0 Å². The largest absolute Gasteiger partial charge is 0.505 e. The van der Waals surface area contributed by atoms with Gasteiger partial charge in [0.25, 0.3) is 0 Å². The third kappa shape index (κ3) is 5.21. The van der Waals surface area contributed by atoms with Crippen LogP contribution in [0, 0.1) is 0 Å². The van der Waals surface area contributed by atoms with E-state index in [9.17, 15) is 4.20 Å². The van der Waals surface area contributed by atoms with Gasteiger partial charge < -0.3 is 9.05 Å². The van der Waals surface area contributed by atoms with Crippen LogP contribution in [0.25, 0.3) is 0 Å². The molecule has 0 atom stereocenters. The quantitative estimate of drug-likeness (QED) is 0.557. The van der Waals surface area contributed by atoms with Gasteiger partial charge >= 0.3 is 8.69 Å². The number of rotatable bonds is 4. The Morgan fingerprint density at radius 3 is 1.42 bits per heavy atom. The Hall–Kier alpha value is -1.60. The highest BCUT2D eigenvalue weighted by Crippen LogP contribution is 2.43. The molecule has 24 heavy (non-hydrogen) atoms. The summed E-state index contributed by atoms with van der Waals surface area (Å²) in [4.78, 5) is 0. The predicted molar refractivity (Wildman–Crippen MR) is 99.6 cm³/mol. The molecule has 2 aromatic carbocycles. The fourth-order valence-corrected chi connectivity index (χ4v) is 2.82. The molecule has 0 spiro atoms. The second-order valence-electron chi connectivity index (χ2n) is 7.95. The van der Waals surface area contributed by atoms with Gasteiger partial charge in [-0.2, -0.15) is 0 Å². The fourth-order valence-electron chi connectivity index (χ4n) is 2.22. The molecule has 0 saturated heterocycles. The third-order valence-electron chi connectivity index (χ3n) is 3.75. The molecule has 0 unspecified atom stereocenters.